The van der Waals surface area contributed by atoms with Crippen LogP contribution in [0.3, 0.4) is 0 Å². The van der Waals surface area contributed by atoms with Crippen molar-refractivity contribution in [2.45, 2.75) is 25.1 Å². The van der Waals surface area contributed by atoms with Crippen molar-refractivity contribution in [3.8, 4) is 0 Å². The second-order valence-electron chi connectivity index (χ2n) is 3.23. The first-order valence-electron chi connectivity index (χ1n) is 4.51. The van der Waals surface area contributed by atoms with Crippen molar-refractivity contribution in [2.75, 3.05) is 0 Å². The summed E-state index contributed by atoms with van der Waals surface area (Å²) < 4.78 is 39.3. The molecule has 0 bridgehead atoms. The number of rotatable bonds is 4. The number of hydrogen-bond donors (Lipinski definition) is 1. The van der Waals surface area contributed by atoms with Crippen LogP contribution in [-0.2, 0) is 6.42 Å². The highest BCUT2D eigenvalue weighted by atomic mass is 127. The average Bonchev–Trinajstić information content (AvgIpc) is 2.18. The summed E-state index contributed by atoms with van der Waals surface area (Å²) in [7, 11) is 0. The molecule has 0 aromatic heterocycles. The van der Waals surface area contributed by atoms with Gasteiger partial charge in [0.15, 0.2) is 0 Å². The number of halogens is 4. The van der Waals surface area contributed by atoms with Crippen molar-refractivity contribution in [1.29, 1.82) is 0 Å². The van der Waals surface area contributed by atoms with Gasteiger partial charge in [-0.05, 0) is 18.4 Å². The lowest BCUT2D eigenvalue weighted by atomic mass is 10.1. The lowest BCUT2D eigenvalue weighted by Gasteiger charge is -2.18. The van der Waals surface area contributed by atoms with Crippen LogP contribution in [0.5, 0.6) is 0 Å². The SMILES string of the molecule is FC(F)(F)C(CCc1ccccc1)NI. The standard InChI is InChI=1S/C10H11F3IN/c11-10(12,13)9(15-14)7-6-8-4-2-1-3-5-8/h1-5,9,15H,6-7H2. The van der Waals surface area contributed by atoms with Gasteiger partial charge in [-0.1, -0.05) is 30.3 Å². The van der Waals surface area contributed by atoms with Gasteiger partial charge in [0.2, 0.25) is 0 Å². The smallest absolute Gasteiger partial charge is 0.249 e. The second-order valence-corrected chi connectivity index (χ2v) is 3.85. The van der Waals surface area contributed by atoms with Crippen molar-refractivity contribution >= 4 is 22.9 Å². The van der Waals surface area contributed by atoms with E-state index in [2.05, 4.69) is 3.53 Å². The molecule has 84 valence electrons. The van der Waals surface area contributed by atoms with Gasteiger partial charge in [-0.15, -0.1) is 0 Å². The summed E-state index contributed by atoms with van der Waals surface area (Å²) in [6.07, 6.45) is -3.67. The minimum Gasteiger partial charge on any atom is -0.249 e. The molecule has 1 nitrogen and oxygen atoms in total. The van der Waals surface area contributed by atoms with Crippen molar-refractivity contribution in [1.82, 2.24) is 3.53 Å². The van der Waals surface area contributed by atoms with E-state index in [9.17, 15) is 13.2 Å². The zero-order valence-corrected chi connectivity index (χ0v) is 10.0. The molecule has 0 saturated heterocycles. The zero-order valence-electron chi connectivity index (χ0n) is 7.89. The molecule has 1 unspecified atom stereocenters. The molecule has 1 N–H and O–H groups in total. The van der Waals surface area contributed by atoms with Crippen LogP contribution in [0.25, 0.3) is 0 Å². The van der Waals surface area contributed by atoms with Gasteiger partial charge in [-0.3, -0.25) is 0 Å². The highest BCUT2D eigenvalue weighted by Gasteiger charge is 2.38. The topological polar surface area (TPSA) is 12.0 Å². The maximum atomic E-state index is 12.4. The monoisotopic (exact) mass is 329 g/mol. The predicted molar refractivity (Wildman–Crippen MR) is 61.8 cm³/mol. The largest absolute Gasteiger partial charge is 0.404 e. The highest BCUT2D eigenvalue weighted by molar-refractivity contribution is 14.1. The molecule has 0 aliphatic rings. The maximum Gasteiger partial charge on any atom is 0.404 e. The summed E-state index contributed by atoms with van der Waals surface area (Å²) in [6.45, 7) is 0. The second kappa shape index (κ2) is 5.69. The molecule has 0 spiro atoms. The zero-order chi connectivity index (χ0) is 11.3. The first-order chi connectivity index (χ1) is 7.04. The summed E-state index contributed by atoms with van der Waals surface area (Å²) in [5.74, 6) is 0. The molecule has 0 heterocycles. The van der Waals surface area contributed by atoms with Crippen LogP contribution in [-0.4, -0.2) is 12.2 Å². The Hall–Kier alpha value is -0.300. The third kappa shape index (κ3) is 4.38. The fraction of sp³-hybridized carbons (Fsp3) is 0.400. The number of benzene rings is 1. The van der Waals surface area contributed by atoms with E-state index in [1.54, 1.807) is 22.9 Å². The molecule has 1 aromatic carbocycles. The third-order valence-electron chi connectivity index (χ3n) is 2.09. The molecule has 0 saturated carbocycles. The highest BCUT2D eigenvalue weighted by Crippen LogP contribution is 2.24. The average molecular weight is 329 g/mol. The van der Waals surface area contributed by atoms with E-state index in [0.29, 0.717) is 6.42 Å². The number of alkyl halides is 3. The molecule has 0 fully saturated rings. The Morgan fingerprint density at radius 3 is 2.27 bits per heavy atom. The minimum atomic E-state index is -4.17. The van der Waals surface area contributed by atoms with Crippen LogP contribution in [0, 0.1) is 0 Å². The quantitative estimate of drug-likeness (QED) is 0.659. The van der Waals surface area contributed by atoms with Crippen molar-refractivity contribution in [3.05, 3.63) is 35.9 Å². The van der Waals surface area contributed by atoms with Gasteiger partial charge in [0.1, 0.15) is 6.04 Å². The summed E-state index contributed by atoms with van der Waals surface area (Å²) in [5.41, 5.74) is 0.929. The molecule has 0 aliphatic carbocycles. The van der Waals surface area contributed by atoms with Gasteiger partial charge in [0.05, 0.1) is 0 Å². The van der Waals surface area contributed by atoms with Crippen molar-refractivity contribution < 1.29 is 13.2 Å². The fourth-order valence-electron chi connectivity index (χ4n) is 1.24. The normalized spacial score (nSPS) is 13.9. The maximum absolute atomic E-state index is 12.4. The number of hydrogen-bond acceptors (Lipinski definition) is 1. The van der Waals surface area contributed by atoms with E-state index in [1.807, 2.05) is 30.3 Å². The van der Waals surface area contributed by atoms with E-state index in [-0.39, 0.29) is 6.42 Å². The first-order valence-corrected chi connectivity index (χ1v) is 5.58. The molecule has 5 heteroatoms. The Morgan fingerprint density at radius 1 is 1.20 bits per heavy atom. The summed E-state index contributed by atoms with van der Waals surface area (Å²) >= 11 is 1.55. The first kappa shape index (κ1) is 12.8. The molecule has 15 heavy (non-hydrogen) atoms. The predicted octanol–water partition coefficient (Wildman–Crippen LogP) is 3.49. The Bertz CT molecular complexity index is 286. The number of nitrogens with one attached hydrogen (secondary N) is 1. The van der Waals surface area contributed by atoms with Gasteiger partial charge in [-0.2, -0.15) is 13.2 Å². The lowest BCUT2D eigenvalue weighted by molar-refractivity contribution is -0.150. The summed E-state index contributed by atoms with van der Waals surface area (Å²) in [4.78, 5) is 0. The molecule has 1 aromatic rings. The van der Waals surface area contributed by atoms with Crippen LogP contribution in [0.1, 0.15) is 12.0 Å². The van der Waals surface area contributed by atoms with E-state index in [4.69, 9.17) is 0 Å². The summed E-state index contributed by atoms with van der Waals surface area (Å²) in [6, 6.07) is 7.74. The van der Waals surface area contributed by atoms with Crippen LogP contribution >= 0.6 is 22.9 Å². The van der Waals surface area contributed by atoms with Gasteiger partial charge in [-0.25, -0.2) is 3.53 Å². The van der Waals surface area contributed by atoms with Crippen LogP contribution < -0.4 is 3.53 Å². The van der Waals surface area contributed by atoms with Gasteiger partial charge in [0.25, 0.3) is 0 Å². The van der Waals surface area contributed by atoms with Crippen LogP contribution in [0.15, 0.2) is 30.3 Å². The molecular formula is C10H11F3IN. The third-order valence-corrected chi connectivity index (χ3v) is 2.84. The minimum absolute atomic E-state index is 0.0659. The molecule has 0 radical (unpaired) electrons. The molecule has 1 atom stereocenters. The lowest BCUT2D eigenvalue weighted by Crippen LogP contribution is -2.37. The molecule has 0 amide bonds. The molecule has 1 rings (SSSR count). The van der Waals surface area contributed by atoms with Crippen LogP contribution in [0.4, 0.5) is 13.2 Å². The van der Waals surface area contributed by atoms with E-state index >= 15 is 0 Å². The Balaban J connectivity index is 2.49. The van der Waals surface area contributed by atoms with Crippen molar-refractivity contribution in [2.24, 2.45) is 0 Å². The Labute approximate surface area is 101 Å². The Morgan fingerprint density at radius 2 is 1.80 bits per heavy atom. The Kier molecular flexibility index (Phi) is 4.85. The summed E-state index contributed by atoms with van der Waals surface area (Å²) in [5, 5.41) is 0. The fourth-order valence-corrected chi connectivity index (χ4v) is 1.90. The van der Waals surface area contributed by atoms with Gasteiger partial charge >= 0.3 is 6.18 Å². The molecule has 0 aliphatic heterocycles. The van der Waals surface area contributed by atoms with Gasteiger partial charge in [0, 0.05) is 22.9 Å². The van der Waals surface area contributed by atoms with Gasteiger partial charge < -0.3 is 0 Å². The molecular weight excluding hydrogens is 318 g/mol. The van der Waals surface area contributed by atoms with Crippen molar-refractivity contribution in [3.63, 3.8) is 0 Å². The van der Waals surface area contributed by atoms with E-state index in [0.717, 1.165) is 5.56 Å². The van der Waals surface area contributed by atoms with E-state index < -0.39 is 12.2 Å². The van der Waals surface area contributed by atoms with E-state index in [1.165, 1.54) is 0 Å². The van der Waals surface area contributed by atoms with Crippen LogP contribution in [0.2, 0.25) is 0 Å². The number of aryl methyl sites for hydroxylation is 1.